The zero-order valence-corrected chi connectivity index (χ0v) is 6.96. The van der Waals surface area contributed by atoms with Crippen molar-refractivity contribution < 1.29 is 0 Å². The lowest BCUT2D eigenvalue weighted by Crippen LogP contribution is -2.25. The van der Waals surface area contributed by atoms with Gasteiger partial charge in [-0.2, -0.15) is 0 Å². The van der Waals surface area contributed by atoms with Gasteiger partial charge in [-0.25, -0.2) is 0 Å². The Morgan fingerprint density at radius 1 is 1.25 bits per heavy atom. The van der Waals surface area contributed by atoms with E-state index in [9.17, 15) is 0 Å². The molecule has 12 heavy (non-hydrogen) atoms. The molecule has 0 atom stereocenters. The lowest BCUT2D eigenvalue weighted by atomic mass is 10.0. The molecule has 0 N–H and O–H groups in total. The summed E-state index contributed by atoms with van der Waals surface area (Å²) in [5, 5.41) is 0. The van der Waals surface area contributed by atoms with Gasteiger partial charge in [0.05, 0.1) is 6.54 Å². The van der Waals surface area contributed by atoms with Gasteiger partial charge in [-0.3, -0.25) is 0 Å². The lowest BCUT2D eigenvalue weighted by Gasteiger charge is -2.24. The molecule has 0 aromatic heterocycles. The first kappa shape index (κ1) is 7.24. The van der Waals surface area contributed by atoms with Gasteiger partial charge in [-0.15, -0.1) is 0 Å². The Morgan fingerprint density at radius 3 is 2.75 bits per heavy atom. The maximum Gasteiger partial charge on any atom is 0.0513 e. The van der Waals surface area contributed by atoms with E-state index in [0.717, 1.165) is 19.5 Å². The molecular formula is C11H11N. The fourth-order valence-corrected chi connectivity index (χ4v) is 1.61. The average molecular weight is 157 g/mol. The van der Waals surface area contributed by atoms with Crippen molar-refractivity contribution in [2.24, 2.45) is 0 Å². The average Bonchev–Trinajstić information content (AvgIpc) is 2.17. The molecule has 60 valence electrons. The Morgan fingerprint density at radius 2 is 2.00 bits per heavy atom. The predicted molar refractivity (Wildman–Crippen MR) is 49.4 cm³/mol. The van der Waals surface area contributed by atoms with Crippen LogP contribution in [-0.4, -0.2) is 11.4 Å². The SMILES string of the molecule is C#CN1CCc2ccccc2C1. The zero-order chi connectivity index (χ0) is 8.39. The summed E-state index contributed by atoms with van der Waals surface area (Å²) in [7, 11) is 0. The van der Waals surface area contributed by atoms with Gasteiger partial charge in [-0.1, -0.05) is 30.7 Å². The summed E-state index contributed by atoms with van der Waals surface area (Å²) < 4.78 is 0. The molecule has 1 aromatic rings. The van der Waals surface area contributed by atoms with Crippen molar-refractivity contribution in [3.05, 3.63) is 35.4 Å². The zero-order valence-electron chi connectivity index (χ0n) is 6.96. The minimum Gasteiger partial charge on any atom is -0.328 e. The Kier molecular flexibility index (Phi) is 1.75. The normalized spacial score (nSPS) is 15.1. The van der Waals surface area contributed by atoms with E-state index in [1.807, 2.05) is 4.90 Å². The van der Waals surface area contributed by atoms with Crippen LogP contribution in [0.5, 0.6) is 0 Å². The molecule has 0 fully saturated rings. The molecule has 0 spiro atoms. The van der Waals surface area contributed by atoms with Crippen molar-refractivity contribution in [2.45, 2.75) is 13.0 Å². The molecule has 1 aliphatic heterocycles. The molecule has 0 aliphatic carbocycles. The number of hydrogen-bond donors (Lipinski definition) is 0. The number of fused-ring (bicyclic) bond motifs is 1. The molecule has 1 nitrogen and oxygen atoms in total. The van der Waals surface area contributed by atoms with E-state index in [1.54, 1.807) is 0 Å². The van der Waals surface area contributed by atoms with Crippen molar-refractivity contribution in [3.8, 4) is 12.5 Å². The van der Waals surface area contributed by atoms with Crippen molar-refractivity contribution in [2.75, 3.05) is 6.54 Å². The quantitative estimate of drug-likeness (QED) is 0.517. The smallest absolute Gasteiger partial charge is 0.0513 e. The number of nitrogens with zero attached hydrogens (tertiary/aromatic N) is 1. The summed E-state index contributed by atoms with van der Waals surface area (Å²) in [6.45, 7) is 1.90. The second-order valence-corrected chi connectivity index (χ2v) is 3.07. The van der Waals surface area contributed by atoms with Crippen LogP contribution in [0, 0.1) is 12.5 Å². The van der Waals surface area contributed by atoms with Crippen LogP contribution in [0.4, 0.5) is 0 Å². The molecular weight excluding hydrogens is 146 g/mol. The maximum atomic E-state index is 5.34. The van der Waals surface area contributed by atoms with Crippen molar-refractivity contribution in [1.29, 1.82) is 0 Å². The molecule has 1 aliphatic rings. The fourth-order valence-electron chi connectivity index (χ4n) is 1.61. The molecule has 0 amide bonds. The molecule has 0 unspecified atom stereocenters. The topological polar surface area (TPSA) is 3.24 Å². The minimum absolute atomic E-state index is 0.909. The van der Waals surface area contributed by atoms with E-state index in [-0.39, 0.29) is 0 Å². The summed E-state index contributed by atoms with van der Waals surface area (Å²) in [5.74, 6) is 0. The molecule has 1 aromatic carbocycles. The maximum absolute atomic E-state index is 5.34. The Bertz CT molecular complexity index is 322. The highest BCUT2D eigenvalue weighted by Crippen LogP contribution is 2.17. The first-order valence-corrected chi connectivity index (χ1v) is 4.18. The minimum atomic E-state index is 0.909. The third kappa shape index (κ3) is 1.16. The summed E-state index contributed by atoms with van der Waals surface area (Å²) in [4.78, 5) is 2.02. The molecule has 0 radical (unpaired) electrons. The van der Waals surface area contributed by atoms with Crippen LogP contribution in [0.3, 0.4) is 0 Å². The Balaban J connectivity index is 2.30. The third-order valence-electron chi connectivity index (χ3n) is 2.31. The Hall–Kier alpha value is -1.42. The van der Waals surface area contributed by atoms with Crippen LogP contribution >= 0.6 is 0 Å². The van der Waals surface area contributed by atoms with E-state index in [4.69, 9.17) is 6.42 Å². The fraction of sp³-hybridized carbons (Fsp3) is 0.273. The van der Waals surface area contributed by atoms with E-state index in [0.29, 0.717) is 0 Å². The summed E-state index contributed by atoms with van der Waals surface area (Å²) >= 11 is 0. The lowest BCUT2D eigenvalue weighted by molar-refractivity contribution is 0.375. The second-order valence-electron chi connectivity index (χ2n) is 3.07. The summed E-state index contributed by atoms with van der Waals surface area (Å²) in [6.07, 6.45) is 6.42. The van der Waals surface area contributed by atoms with Gasteiger partial charge in [0.1, 0.15) is 0 Å². The number of rotatable bonds is 0. The van der Waals surface area contributed by atoms with Crippen LogP contribution in [0.15, 0.2) is 24.3 Å². The summed E-state index contributed by atoms with van der Waals surface area (Å²) in [5.41, 5.74) is 2.82. The van der Waals surface area contributed by atoms with Crippen molar-refractivity contribution in [1.82, 2.24) is 4.90 Å². The van der Waals surface area contributed by atoms with Gasteiger partial charge in [-0.05, 0) is 17.5 Å². The molecule has 2 rings (SSSR count). The predicted octanol–water partition coefficient (Wildman–Crippen LogP) is 1.64. The number of benzene rings is 1. The molecule has 1 heteroatoms. The van der Waals surface area contributed by atoms with Crippen molar-refractivity contribution >= 4 is 0 Å². The molecule has 0 bridgehead atoms. The van der Waals surface area contributed by atoms with Gasteiger partial charge >= 0.3 is 0 Å². The van der Waals surface area contributed by atoms with Crippen LogP contribution in [-0.2, 0) is 13.0 Å². The van der Waals surface area contributed by atoms with Crippen LogP contribution in [0.25, 0.3) is 0 Å². The van der Waals surface area contributed by atoms with Crippen LogP contribution in [0.2, 0.25) is 0 Å². The van der Waals surface area contributed by atoms with Gasteiger partial charge in [0.2, 0.25) is 0 Å². The van der Waals surface area contributed by atoms with E-state index in [2.05, 4.69) is 30.3 Å². The molecule has 0 saturated heterocycles. The number of hydrogen-bond acceptors (Lipinski definition) is 1. The largest absolute Gasteiger partial charge is 0.328 e. The van der Waals surface area contributed by atoms with Crippen LogP contribution < -0.4 is 0 Å². The first-order valence-electron chi connectivity index (χ1n) is 4.18. The Labute approximate surface area is 73.0 Å². The monoisotopic (exact) mass is 157 g/mol. The molecule has 0 saturated carbocycles. The standard InChI is InChI=1S/C11H11N/c1-2-12-8-7-10-5-3-4-6-11(10)9-12/h1,3-6H,7-9H2. The highest BCUT2D eigenvalue weighted by atomic mass is 15.1. The van der Waals surface area contributed by atoms with E-state index >= 15 is 0 Å². The van der Waals surface area contributed by atoms with Crippen LogP contribution in [0.1, 0.15) is 11.1 Å². The summed E-state index contributed by atoms with van der Waals surface area (Å²) in [6, 6.07) is 11.2. The second kappa shape index (κ2) is 2.91. The number of terminal acetylenes is 1. The highest BCUT2D eigenvalue weighted by Gasteiger charge is 2.11. The van der Waals surface area contributed by atoms with E-state index in [1.165, 1.54) is 11.1 Å². The highest BCUT2D eigenvalue weighted by molar-refractivity contribution is 5.29. The van der Waals surface area contributed by atoms with Crippen molar-refractivity contribution in [3.63, 3.8) is 0 Å². The van der Waals surface area contributed by atoms with Gasteiger partial charge in [0.15, 0.2) is 0 Å². The van der Waals surface area contributed by atoms with E-state index < -0.39 is 0 Å². The first-order chi connectivity index (χ1) is 5.90. The van der Waals surface area contributed by atoms with Gasteiger partial charge in [0.25, 0.3) is 0 Å². The van der Waals surface area contributed by atoms with Gasteiger partial charge < -0.3 is 4.90 Å². The molecule has 1 heterocycles. The van der Waals surface area contributed by atoms with Gasteiger partial charge in [0, 0.05) is 12.6 Å². The third-order valence-corrected chi connectivity index (χ3v) is 2.31.